The van der Waals surface area contributed by atoms with Crippen LogP contribution in [-0.2, 0) is 16.0 Å². The van der Waals surface area contributed by atoms with E-state index in [1.807, 2.05) is 39.0 Å². The molecular weight excluding hydrogens is 254 g/mol. The van der Waals surface area contributed by atoms with Gasteiger partial charge in [0, 0.05) is 24.6 Å². The summed E-state index contributed by atoms with van der Waals surface area (Å²) in [5.41, 5.74) is 2.60. The maximum atomic E-state index is 11.9. The molecule has 0 aromatic heterocycles. The monoisotopic (exact) mass is 275 g/mol. The summed E-state index contributed by atoms with van der Waals surface area (Å²) in [5.74, 6) is 0.634. The molecule has 0 bridgehead atoms. The van der Waals surface area contributed by atoms with Crippen LogP contribution in [0.25, 0.3) is 0 Å². The molecule has 0 radical (unpaired) electrons. The first-order chi connectivity index (χ1) is 9.46. The molecule has 0 spiro atoms. The van der Waals surface area contributed by atoms with Crippen LogP contribution in [-0.4, -0.2) is 25.4 Å². The maximum absolute atomic E-state index is 11.9. The molecule has 4 heteroatoms. The molecule has 0 aliphatic carbocycles. The van der Waals surface area contributed by atoms with Gasteiger partial charge in [-0.25, -0.2) is 0 Å². The van der Waals surface area contributed by atoms with E-state index in [1.54, 1.807) is 7.11 Å². The minimum atomic E-state index is -0.541. The van der Waals surface area contributed by atoms with Crippen molar-refractivity contribution in [1.29, 1.82) is 0 Å². The highest BCUT2D eigenvalue weighted by atomic mass is 16.5. The second kappa shape index (κ2) is 5.65. The summed E-state index contributed by atoms with van der Waals surface area (Å²) in [6.07, 6.45) is 1.41. The number of benzene rings is 1. The Bertz CT molecular complexity index is 547. The fourth-order valence-corrected chi connectivity index (χ4v) is 2.36. The Hall–Kier alpha value is -1.84. The molecule has 1 heterocycles. The van der Waals surface area contributed by atoms with Crippen molar-refractivity contribution in [1.82, 2.24) is 0 Å². The van der Waals surface area contributed by atoms with Crippen LogP contribution in [0.4, 0.5) is 5.69 Å². The Balaban J connectivity index is 2.11. The molecule has 0 unspecified atom stereocenters. The third-order valence-electron chi connectivity index (χ3n) is 3.44. The molecular formula is C16H21NO3. The van der Waals surface area contributed by atoms with Gasteiger partial charge >= 0.3 is 5.97 Å². The minimum Gasteiger partial charge on any atom is -0.497 e. The molecule has 1 aliphatic rings. The molecule has 0 saturated carbocycles. The highest BCUT2D eigenvalue weighted by molar-refractivity contribution is 5.97. The van der Waals surface area contributed by atoms with Crippen LogP contribution in [0.5, 0.6) is 5.75 Å². The van der Waals surface area contributed by atoms with E-state index in [0.29, 0.717) is 13.0 Å². The lowest BCUT2D eigenvalue weighted by atomic mass is 9.86. The molecule has 1 aromatic rings. The molecule has 0 amide bonds. The molecule has 2 rings (SSSR count). The molecule has 0 fully saturated rings. The highest BCUT2D eigenvalue weighted by Crippen LogP contribution is 2.34. The van der Waals surface area contributed by atoms with E-state index in [9.17, 15) is 4.79 Å². The van der Waals surface area contributed by atoms with Gasteiger partial charge in [-0.1, -0.05) is 6.07 Å². The lowest BCUT2D eigenvalue weighted by Gasteiger charge is -2.21. The molecule has 0 saturated heterocycles. The molecule has 20 heavy (non-hydrogen) atoms. The Morgan fingerprint density at radius 1 is 1.40 bits per heavy atom. The average Bonchev–Trinajstić information content (AvgIpc) is 2.78. The normalized spacial score (nSPS) is 13.7. The smallest absolute Gasteiger partial charge is 0.311 e. The summed E-state index contributed by atoms with van der Waals surface area (Å²) in [5, 5.41) is 0. The molecule has 0 N–H and O–H groups in total. The number of hydrogen-bond donors (Lipinski definition) is 0. The van der Waals surface area contributed by atoms with Gasteiger partial charge in [0.2, 0.25) is 0 Å². The van der Waals surface area contributed by atoms with Gasteiger partial charge in [-0.3, -0.25) is 9.79 Å². The van der Waals surface area contributed by atoms with Crippen molar-refractivity contribution in [3.8, 4) is 5.75 Å². The predicted molar refractivity (Wildman–Crippen MR) is 78.8 cm³/mol. The highest BCUT2D eigenvalue weighted by Gasteiger charge is 2.32. The van der Waals surface area contributed by atoms with Crippen molar-refractivity contribution in [2.24, 2.45) is 10.4 Å². The van der Waals surface area contributed by atoms with E-state index in [-0.39, 0.29) is 5.97 Å². The lowest BCUT2D eigenvalue weighted by Crippen LogP contribution is -2.29. The summed E-state index contributed by atoms with van der Waals surface area (Å²) in [4.78, 5) is 16.5. The number of aliphatic imine (C=N–C) groups is 1. The van der Waals surface area contributed by atoms with Crippen LogP contribution in [0.2, 0.25) is 0 Å². The first kappa shape index (κ1) is 14.6. The predicted octanol–water partition coefficient (Wildman–Crippen LogP) is 3.30. The number of nitrogens with zero attached hydrogens (tertiary/aromatic N) is 1. The zero-order chi connectivity index (χ0) is 14.8. The largest absolute Gasteiger partial charge is 0.497 e. The van der Waals surface area contributed by atoms with Crippen LogP contribution >= 0.6 is 0 Å². The van der Waals surface area contributed by atoms with Gasteiger partial charge in [-0.2, -0.15) is 0 Å². The lowest BCUT2D eigenvalue weighted by molar-refractivity contribution is -0.152. The third kappa shape index (κ3) is 3.00. The second-order valence-electron chi connectivity index (χ2n) is 5.63. The van der Waals surface area contributed by atoms with Gasteiger partial charge in [-0.05, 0) is 32.4 Å². The standard InChI is InChI=1S/C16H21NO3/c1-5-20-15(18)16(2,3)10-12-8-11-6-7-13(19-4)9-14(11)17-12/h6-7,9H,5,8,10H2,1-4H3. The van der Waals surface area contributed by atoms with E-state index in [0.717, 1.165) is 23.6 Å². The Morgan fingerprint density at radius 3 is 2.80 bits per heavy atom. The fraction of sp³-hybridized carbons (Fsp3) is 0.500. The van der Waals surface area contributed by atoms with E-state index in [2.05, 4.69) is 4.99 Å². The third-order valence-corrected chi connectivity index (χ3v) is 3.44. The maximum Gasteiger partial charge on any atom is 0.311 e. The number of esters is 1. The first-order valence-corrected chi connectivity index (χ1v) is 6.87. The van der Waals surface area contributed by atoms with Gasteiger partial charge in [0.1, 0.15) is 5.75 Å². The number of rotatable bonds is 5. The average molecular weight is 275 g/mol. The Kier molecular flexibility index (Phi) is 4.12. The summed E-state index contributed by atoms with van der Waals surface area (Å²) in [6.45, 7) is 6.03. The van der Waals surface area contributed by atoms with Gasteiger partial charge in [0.15, 0.2) is 0 Å². The van der Waals surface area contributed by atoms with E-state index in [4.69, 9.17) is 9.47 Å². The van der Waals surface area contributed by atoms with E-state index >= 15 is 0 Å². The van der Waals surface area contributed by atoms with Crippen molar-refractivity contribution in [3.63, 3.8) is 0 Å². The summed E-state index contributed by atoms with van der Waals surface area (Å²) in [7, 11) is 1.64. The molecule has 1 aliphatic heterocycles. The molecule has 108 valence electrons. The number of ether oxygens (including phenoxy) is 2. The number of carbonyl (C=O) groups excluding carboxylic acids is 1. The van der Waals surface area contributed by atoms with E-state index < -0.39 is 5.41 Å². The number of hydrogen-bond acceptors (Lipinski definition) is 4. The SMILES string of the molecule is CCOC(=O)C(C)(C)CC1=Nc2cc(OC)ccc2C1. The van der Waals surface area contributed by atoms with Gasteiger partial charge in [-0.15, -0.1) is 0 Å². The second-order valence-corrected chi connectivity index (χ2v) is 5.63. The van der Waals surface area contributed by atoms with Gasteiger partial charge in [0.05, 0.1) is 24.8 Å². The van der Waals surface area contributed by atoms with Crippen LogP contribution in [0.1, 0.15) is 32.8 Å². The Morgan fingerprint density at radius 2 is 2.15 bits per heavy atom. The first-order valence-electron chi connectivity index (χ1n) is 6.87. The topological polar surface area (TPSA) is 47.9 Å². The van der Waals surface area contributed by atoms with Crippen molar-refractivity contribution in [3.05, 3.63) is 23.8 Å². The van der Waals surface area contributed by atoms with Crippen molar-refractivity contribution in [2.45, 2.75) is 33.6 Å². The minimum absolute atomic E-state index is 0.170. The van der Waals surface area contributed by atoms with Crippen molar-refractivity contribution >= 4 is 17.4 Å². The number of carbonyl (C=O) groups is 1. The van der Waals surface area contributed by atoms with E-state index in [1.165, 1.54) is 5.56 Å². The molecule has 0 atom stereocenters. The molecule has 4 nitrogen and oxygen atoms in total. The summed E-state index contributed by atoms with van der Waals surface area (Å²) >= 11 is 0. The quantitative estimate of drug-likeness (QED) is 0.775. The van der Waals surface area contributed by atoms with Gasteiger partial charge in [0.25, 0.3) is 0 Å². The van der Waals surface area contributed by atoms with Gasteiger partial charge < -0.3 is 9.47 Å². The zero-order valence-corrected chi connectivity index (χ0v) is 12.5. The molecule has 1 aromatic carbocycles. The van der Waals surface area contributed by atoms with Crippen LogP contribution in [0, 0.1) is 5.41 Å². The Labute approximate surface area is 119 Å². The van der Waals surface area contributed by atoms with Crippen molar-refractivity contribution in [2.75, 3.05) is 13.7 Å². The van der Waals surface area contributed by atoms with Crippen LogP contribution in [0.15, 0.2) is 23.2 Å². The fourth-order valence-electron chi connectivity index (χ4n) is 2.36. The summed E-state index contributed by atoms with van der Waals surface area (Å²) < 4.78 is 10.3. The zero-order valence-electron chi connectivity index (χ0n) is 12.5. The van der Waals surface area contributed by atoms with Crippen LogP contribution in [0.3, 0.4) is 0 Å². The van der Waals surface area contributed by atoms with Crippen LogP contribution < -0.4 is 4.74 Å². The van der Waals surface area contributed by atoms with Crippen molar-refractivity contribution < 1.29 is 14.3 Å². The number of methoxy groups -OCH3 is 1. The number of fused-ring (bicyclic) bond motifs is 1. The summed E-state index contributed by atoms with van der Waals surface area (Å²) in [6, 6.07) is 5.90.